The lowest BCUT2D eigenvalue weighted by atomic mass is 10.1. The van der Waals surface area contributed by atoms with Crippen molar-refractivity contribution in [1.29, 1.82) is 0 Å². The van der Waals surface area contributed by atoms with Crippen molar-refractivity contribution in [2.75, 3.05) is 5.32 Å². The van der Waals surface area contributed by atoms with Crippen LogP contribution in [0.4, 0.5) is 5.69 Å². The highest BCUT2D eigenvalue weighted by Gasteiger charge is 2.18. The van der Waals surface area contributed by atoms with Crippen molar-refractivity contribution in [1.82, 2.24) is 4.57 Å². The molecule has 0 aliphatic rings. The summed E-state index contributed by atoms with van der Waals surface area (Å²) < 4.78 is 1.92. The molecule has 0 spiro atoms. The highest BCUT2D eigenvalue weighted by Crippen LogP contribution is 2.22. The maximum Gasteiger partial charge on any atom is 0.261 e. The van der Waals surface area contributed by atoms with E-state index in [1.54, 1.807) is 18.3 Å². The van der Waals surface area contributed by atoms with Gasteiger partial charge >= 0.3 is 0 Å². The van der Waals surface area contributed by atoms with Gasteiger partial charge in [-0.15, -0.1) is 0 Å². The number of halogens is 1. The molecule has 1 N–H and O–H groups in total. The molecule has 0 saturated carbocycles. The zero-order chi connectivity index (χ0) is 19.0. The fourth-order valence-electron chi connectivity index (χ4n) is 2.99. The summed E-state index contributed by atoms with van der Waals surface area (Å²) >= 11 is 6.07. The molecule has 2 aromatic carbocycles. The third kappa shape index (κ3) is 3.25. The zero-order valence-corrected chi connectivity index (χ0v) is 16.0. The van der Waals surface area contributed by atoms with Crippen molar-refractivity contribution in [2.24, 2.45) is 0 Å². The molecule has 0 saturated heterocycles. The number of nitrogens with zero attached hydrogens (tertiary/aromatic N) is 1. The van der Waals surface area contributed by atoms with Gasteiger partial charge in [0.15, 0.2) is 0 Å². The first-order valence-electron chi connectivity index (χ1n) is 8.51. The smallest absolute Gasteiger partial charge is 0.261 e. The average Bonchev–Trinajstić information content (AvgIpc) is 2.59. The predicted octanol–water partition coefficient (Wildman–Crippen LogP) is 5.10. The van der Waals surface area contributed by atoms with E-state index in [2.05, 4.69) is 5.32 Å². The van der Waals surface area contributed by atoms with Crippen LogP contribution in [0, 0.1) is 13.8 Å². The maximum absolute atomic E-state index is 12.9. The lowest BCUT2D eigenvalue weighted by Gasteiger charge is -2.17. The fourth-order valence-corrected chi connectivity index (χ4v) is 3.16. The highest BCUT2D eigenvalue weighted by molar-refractivity contribution is 6.31. The summed E-state index contributed by atoms with van der Waals surface area (Å²) in [7, 11) is 0. The van der Waals surface area contributed by atoms with Gasteiger partial charge in [0.1, 0.15) is 5.56 Å². The predicted molar refractivity (Wildman–Crippen MR) is 107 cm³/mol. The first-order chi connectivity index (χ1) is 12.3. The van der Waals surface area contributed by atoms with Gasteiger partial charge in [-0.25, -0.2) is 0 Å². The van der Waals surface area contributed by atoms with Gasteiger partial charge in [0.2, 0.25) is 5.43 Å². The van der Waals surface area contributed by atoms with E-state index in [4.69, 9.17) is 11.6 Å². The van der Waals surface area contributed by atoms with Crippen LogP contribution in [-0.2, 0) is 0 Å². The highest BCUT2D eigenvalue weighted by atomic mass is 35.5. The van der Waals surface area contributed by atoms with Gasteiger partial charge in [-0.3, -0.25) is 9.59 Å². The quantitative estimate of drug-likeness (QED) is 0.698. The number of carbonyl (C=O) groups is 1. The first-order valence-corrected chi connectivity index (χ1v) is 8.89. The molecule has 1 heterocycles. The van der Waals surface area contributed by atoms with Gasteiger partial charge < -0.3 is 9.88 Å². The largest absolute Gasteiger partial charge is 0.344 e. The van der Waals surface area contributed by atoms with Gasteiger partial charge in [0, 0.05) is 28.3 Å². The van der Waals surface area contributed by atoms with Crippen LogP contribution in [0.25, 0.3) is 10.9 Å². The van der Waals surface area contributed by atoms with E-state index in [0.717, 1.165) is 16.6 Å². The molecule has 134 valence electrons. The maximum atomic E-state index is 12.9. The second kappa shape index (κ2) is 6.96. The number of rotatable bonds is 3. The van der Waals surface area contributed by atoms with E-state index < -0.39 is 5.91 Å². The Kier molecular flexibility index (Phi) is 4.88. The van der Waals surface area contributed by atoms with Crippen LogP contribution in [-0.4, -0.2) is 10.5 Å². The summed E-state index contributed by atoms with van der Waals surface area (Å²) in [5.41, 5.74) is 3.31. The van der Waals surface area contributed by atoms with Gasteiger partial charge in [-0.1, -0.05) is 23.7 Å². The van der Waals surface area contributed by atoms with E-state index in [9.17, 15) is 9.59 Å². The standard InChI is InChI=1S/C21H21ClN2O2/c1-12(2)24-11-17(20(25)16-10-15(22)8-9-19(16)24)21(26)23-18-7-5-6-13(3)14(18)4/h5-12H,1-4H3,(H,23,26). The lowest BCUT2D eigenvalue weighted by Crippen LogP contribution is -2.24. The number of anilines is 1. The van der Waals surface area contributed by atoms with E-state index in [0.29, 0.717) is 16.1 Å². The minimum Gasteiger partial charge on any atom is -0.344 e. The van der Waals surface area contributed by atoms with E-state index in [1.165, 1.54) is 0 Å². The summed E-state index contributed by atoms with van der Waals surface area (Å²) in [6.07, 6.45) is 1.63. The zero-order valence-electron chi connectivity index (χ0n) is 15.3. The Morgan fingerprint density at radius 3 is 2.58 bits per heavy atom. The Morgan fingerprint density at radius 1 is 1.15 bits per heavy atom. The lowest BCUT2D eigenvalue weighted by molar-refractivity contribution is 0.102. The summed E-state index contributed by atoms with van der Waals surface area (Å²) in [4.78, 5) is 25.8. The number of hydrogen-bond acceptors (Lipinski definition) is 2. The third-order valence-corrected chi connectivity index (χ3v) is 4.88. The van der Waals surface area contributed by atoms with Crippen LogP contribution in [0.5, 0.6) is 0 Å². The van der Waals surface area contributed by atoms with Crippen molar-refractivity contribution in [3.05, 3.63) is 74.5 Å². The number of carbonyl (C=O) groups excluding carboxylic acids is 1. The van der Waals surface area contributed by atoms with E-state index in [-0.39, 0.29) is 17.0 Å². The molecule has 1 amide bonds. The minimum absolute atomic E-state index is 0.0894. The van der Waals surface area contributed by atoms with Crippen LogP contribution in [0.2, 0.25) is 5.02 Å². The summed E-state index contributed by atoms with van der Waals surface area (Å²) in [6.45, 7) is 7.93. The second-order valence-electron chi connectivity index (χ2n) is 6.74. The van der Waals surface area contributed by atoms with Gasteiger partial charge in [-0.2, -0.15) is 0 Å². The number of hydrogen-bond donors (Lipinski definition) is 1. The van der Waals surface area contributed by atoms with Crippen LogP contribution in [0.1, 0.15) is 41.4 Å². The molecule has 0 atom stereocenters. The molecule has 3 aromatic rings. The summed E-state index contributed by atoms with van der Waals surface area (Å²) in [5, 5.41) is 3.78. The summed E-state index contributed by atoms with van der Waals surface area (Å²) in [6, 6.07) is 11.0. The Hall–Kier alpha value is -2.59. The number of benzene rings is 2. The SMILES string of the molecule is Cc1cccc(NC(=O)c2cn(C(C)C)c3ccc(Cl)cc3c2=O)c1C. The fraction of sp³-hybridized carbons (Fsp3) is 0.238. The molecule has 0 aliphatic carbocycles. The topological polar surface area (TPSA) is 51.1 Å². The minimum atomic E-state index is -0.417. The number of amides is 1. The first kappa shape index (κ1) is 18.2. The average molecular weight is 369 g/mol. The van der Waals surface area contributed by atoms with Crippen molar-refractivity contribution < 1.29 is 4.79 Å². The molecule has 0 radical (unpaired) electrons. The van der Waals surface area contributed by atoms with Crippen molar-refractivity contribution in [3.63, 3.8) is 0 Å². The van der Waals surface area contributed by atoms with Crippen LogP contribution >= 0.6 is 11.6 Å². The number of fused-ring (bicyclic) bond motifs is 1. The molecular weight excluding hydrogens is 348 g/mol. The number of pyridine rings is 1. The Labute approximate surface area is 157 Å². The van der Waals surface area contributed by atoms with Crippen molar-refractivity contribution >= 4 is 34.1 Å². The normalized spacial score (nSPS) is 11.2. The molecular formula is C21H21ClN2O2. The van der Waals surface area contributed by atoms with Gasteiger partial charge in [-0.05, 0) is 63.1 Å². The van der Waals surface area contributed by atoms with Crippen LogP contribution < -0.4 is 10.7 Å². The van der Waals surface area contributed by atoms with Gasteiger partial charge in [0.25, 0.3) is 5.91 Å². The second-order valence-corrected chi connectivity index (χ2v) is 7.17. The molecule has 0 bridgehead atoms. The number of aryl methyl sites for hydroxylation is 1. The van der Waals surface area contributed by atoms with E-state index >= 15 is 0 Å². The molecule has 5 heteroatoms. The molecule has 1 aromatic heterocycles. The molecule has 4 nitrogen and oxygen atoms in total. The Bertz CT molecular complexity index is 1070. The summed E-state index contributed by atoms with van der Waals surface area (Å²) in [5.74, 6) is -0.417. The molecule has 3 rings (SSSR count). The number of aromatic nitrogens is 1. The van der Waals surface area contributed by atoms with E-state index in [1.807, 2.05) is 56.5 Å². The van der Waals surface area contributed by atoms with Crippen LogP contribution in [0.3, 0.4) is 0 Å². The van der Waals surface area contributed by atoms with Crippen molar-refractivity contribution in [2.45, 2.75) is 33.7 Å². The Morgan fingerprint density at radius 2 is 1.88 bits per heavy atom. The molecule has 26 heavy (non-hydrogen) atoms. The van der Waals surface area contributed by atoms with Gasteiger partial charge in [0.05, 0.1) is 5.52 Å². The Balaban J connectivity index is 2.15. The van der Waals surface area contributed by atoms with Crippen molar-refractivity contribution in [3.8, 4) is 0 Å². The van der Waals surface area contributed by atoms with Crippen LogP contribution in [0.15, 0.2) is 47.4 Å². The monoisotopic (exact) mass is 368 g/mol. The number of nitrogens with one attached hydrogen (secondary N) is 1. The molecule has 0 unspecified atom stereocenters. The third-order valence-electron chi connectivity index (χ3n) is 4.65. The molecule has 0 aliphatic heterocycles. The molecule has 0 fully saturated rings.